The topological polar surface area (TPSA) is 35.5 Å². The maximum Gasteiger partial charge on any atom is 0.334 e. The molecule has 4 saturated carbocycles. The van der Waals surface area contributed by atoms with Crippen molar-refractivity contribution in [1.82, 2.24) is 0 Å². The van der Waals surface area contributed by atoms with Crippen LogP contribution in [0.4, 0.5) is 0 Å². The Morgan fingerprint density at radius 3 is 2.58 bits per heavy atom. The van der Waals surface area contributed by atoms with E-state index < -0.39 is 0 Å². The molecule has 1 heterocycles. The van der Waals surface area contributed by atoms with Gasteiger partial charge in [-0.25, -0.2) is 4.79 Å². The van der Waals surface area contributed by atoms with Gasteiger partial charge in [-0.2, -0.15) is 0 Å². The lowest BCUT2D eigenvalue weighted by Crippen LogP contribution is -2.54. The van der Waals surface area contributed by atoms with Gasteiger partial charge in [-0.3, -0.25) is 0 Å². The van der Waals surface area contributed by atoms with Gasteiger partial charge in [0.25, 0.3) is 0 Å². The third-order valence-electron chi connectivity index (χ3n) is 9.85. The molecular weight excluding hydrogens is 324 g/mol. The number of hydrogen-bond donors (Lipinski definition) is 0. The van der Waals surface area contributed by atoms with Gasteiger partial charge in [0.15, 0.2) is 0 Å². The fourth-order valence-corrected chi connectivity index (χ4v) is 8.50. The molecule has 9 unspecified atom stereocenters. The highest BCUT2D eigenvalue weighted by Crippen LogP contribution is 2.69. The fourth-order valence-electron chi connectivity index (χ4n) is 8.50. The number of methoxy groups -OCH3 is 1. The van der Waals surface area contributed by atoms with Crippen LogP contribution in [0, 0.1) is 40.4 Å². The van der Waals surface area contributed by atoms with Crippen LogP contribution in [0.1, 0.15) is 65.2 Å². The first-order valence-electron chi connectivity index (χ1n) is 10.8. The van der Waals surface area contributed by atoms with Crippen LogP contribution in [-0.2, 0) is 14.3 Å². The fraction of sp³-hybridized carbons (Fsp3) is 0.870. The second-order valence-corrected chi connectivity index (χ2v) is 10.5. The Bertz CT molecular complexity index is 641. The van der Waals surface area contributed by atoms with Crippen molar-refractivity contribution in [2.24, 2.45) is 40.4 Å². The van der Waals surface area contributed by atoms with Crippen LogP contribution in [0.3, 0.4) is 0 Å². The van der Waals surface area contributed by atoms with E-state index in [0.29, 0.717) is 17.4 Å². The lowest BCUT2D eigenvalue weighted by molar-refractivity contribution is -0.140. The predicted octanol–water partition coefficient (Wildman–Crippen LogP) is 4.75. The van der Waals surface area contributed by atoms with Crippen molar-refractivity contribution in [3.8, 4) is 0 Å². The van der Waals surface area contributed by atoms with Crippen molar-refractivity contribution in [3.05, 3.63) is 12.2 Å². The van der Waals surface area contributed by atoms with Gasteiger partial charge in [-0.05, 0) is 85.9 Å². The molecule has 26 heavy (non-hydrogen) atoms. The van der Waals surface area contributed by atoms with Gasteiger partial charge in [0.2, 0.25) is 0 Å². The number of fused-ring (bicyclic) bond motifs is 7. The van der Waals surface area contributed by atoms with Crippen LogP contribution in [0.15, 0.2) is 12.2 Å². The third kappa shape index (κ3) is 2.07. The van der Waals surface area contributed by atoms with Crippen LogP contribution in [0.2, 0.25) is 0 Å². The normalized spacial score (nSPS) is 55.6. The molecule has 3 nitrogen and oxygen atoms in total. The van der Waals surface area contributed by atoms with Crippen LogP contribution in [-0.4, -0.2) is 25.3 Å². The summed E-state index contributed by atoms with van der Waals surface area (Å²) in [5.41, 5.74) is 1.48. The minimum absolute atomic E-state index is 0.110. The molecule has 5 aliphatic rings. The van der Waals surface area contributed by atoms with E-state index in [1.807, 2.05) is 7.11 Å². The van der Waals surface area contributed by atoms with Gasteiger partial charge in [-0.1, -0.05) is 20.4 Å². The van der Waals surface area contributed by atoms with Gasteiger partial charge in [0.1, 0.15) is 6.10 Å². The molecule has 144 valence electrons. The number of esters is 1. The molecule has 5 fully saturated rings. The summed E-state index contributed by atoms with van der Waals surface area (Å²) in [5, 5.41) is 0. The molecule has 1 saturated heterocycles. The van der Waals surface area contributed by atoms with Crippen LogP contribution >= 0.6 is 0 Å². The van der Waals surface area contributed by atoms with E-state index in [9.17, 15) is 4.79 Å². The highest BCUT2D eigenvalue weighted by Gasteiger charge is 2.65. The van der Waals surface area contributed by atoms with E-state index >= 15 is 0 Å². The second kappa shape index (κ2) is 5.59. The van der Waals surface area contributed by atoms with Crippen molar-refractivity contribution in [3.63, 3.8) is 0 Å². The zero-order valence-corrected chi connectivity index (χ0v) is 16.6. The minimum atomic E-state index is -0.129. The minimum Gasteiger partial charge on any atom is -0.458 e. The summed E-state index contributed by atoms with van der Waals surface area (Å²) in [5.74, 6) is 3.34. The Morgan fingerprint density at radius 1 is 1.04 bits per heavy atom. The molecule has 0 aromatic rings. The quantitative estimate of drug-likeness (QED) is 0.501. The Morgan fingerprint density at radius 2 is 1.81 bits per heavy atom. The van der Waals surface area contributed by atoms with E-state index in [-0.39, 0.29) is 23.4 Å². The molecule has 9 atom stereocenters. The van der Waals surface area contributed by atoms with Gasteiger partial charge >= 0.3 is 5.97 Å². The number of carbonyl (C=O) groups excluding carboxylic acids is 1. The zero-order valence-electron chi connectivity index (χ0n) is 16.6. The van der Waals surface area contributed by atoms with E-state index in [4.69, 9.17) is 9.47 Å². The van der Waals surface area contributed by atoms with Crippen LogP contribution in [0.5, 0.6) is 0 Å². The standard InChI is InChI=1S/C23H34O3/c1-13-20-19(26-21(13)24)12-18-16-6-5-14-11-15(25-4)7-9-22(14,2)17(16)8-10-23(18,20)3/h14-20H,1,5-12H2,2-4H3. The Labute approximate surface area is 157 Å². The summed E-state index contributed by atoms with van der Waals surface area (Å²) in [4.78, 5) is 12.1. The SMILES string of the molecule is C=C1C(=O)OC2CC3C4CCC5CC(OC)CCC5(C)C4CCC3(C)C12. The summed E-state index contributed by atoms with van der Waals surface area (Å²) in [6.07, 6.45) is 10.8. The average molecular weight is 359 g/mol. The van der Waals surface area contributed by atoms with Crippen molar-refractivity contribution in [2.75, 3.05) is 7.11 Å². The molecule has 0 amide bonds. The van der Waals surface area contributed by atoms with Gasteiger partial charge < -0.3 is 9.47 Å². The second-order valence-electron chi connectivity index (χ2n) is 10.5. The van der Waals surface area contributed by atoms with E-state index in [1.165, 1.54) is 44.9 Å². The van der Waals surface area contributed by atoms with Crippen molar-refractivity contribution >= 4 is 5.97 Å². The molecule has 0 radical (unpaired) electrons. The molecule has 0 aromatic carbocycles. The van der Waals surface area contributed by atoms with Crippen molar-refractivity contribution in [2.45, 2.75) is 77.4 Å². The van der Waals surface area contributed by atoms with E-state index in [2.05, 4.69) is 20.4 Å². The average Bonchev–Trinajstić information content (AvgIpc) is 3.07. The first-order valence-corrected chi connectivity index (χ1v) is 10.8. The molecule has 5 rings (SSSR count). The first-order chi connectivity index (χ1) is 12.4. The van der Waals surface area contributed by atoms with Gasteiger partial charge in [0.05, 0.1) is 6.10 Å². The first kappa shape index (κ1) is 17.3. The van der Waals surface area contributed by atoms with Crippen LogP contribution in [0.25, 0.3) is 0 Å². The number of hydrogen-bond acceptors (Lipinski definition) is 3. The summed E-state index contributed by atoms with van der Waals surface area (Å²) in [7, 11) is 1.89. The van der Waals surface area contributed by atoms with Crippen molar-refractivity contribution < 1.29 is 14.3 Å². The summed E-state index contributed by atoms with van der Waals surface area (Å²) in [6, 6.07) is 0. The Balaban J connectivity index is 1.43. The molecule has 0 spiro atoms. The summed E-state index contributed by atoms with van der Waals surface area (Å²) >= 11 is 0. The highest BCUT2D eigenvalue weighted by molar-refractivity contribution is 5.91. The number of ether oxygens (including phenoxy) is 2. The maximum atomic E-state index is 12.1. The number of rotatable bonds is 1. The molecule has 0 N–H and O–H groups in total. The Hall–Kier alpha value is -0.830. The molecule has 4 aliphatic carbocycles. The molecule has 0 bridgehead atoms. The smallest absolute Gasteiger partial charge is 0.334 e. The maximum absolute atomic E-state index is 12.1. The third-order valence-corrected chi connectivity index (χ3v) is 9.85. The molecular formula is C23H34O3. The van der Waals surface area contributed by atoms with Gasteiger partial charge in [0, 0.05) is 18.6 Å². The highest BCUT2D eigenvalue weighted by atomic mass is 16.6. The molecule has 3 heteroatoms. The summed E-state index contributed by atoms with van der Waals surface area (Å²) in [6.45, 7) is 9.17. The lowest BCUT2D eigenvalue weighted by atomic mass is 9.44. The zero-order chi connectivity index (χ0) is 18.3. The van der Waals surface area contributed by atoms with Gasteiger partial charge in [-0.15, -0.1) is 0 Å². The lowest BCUT2D eigenvalue weighted by Gasteiger charge is -2.61. The van der Waals surface area contributed by atoms with Crippen LogP contribution < -0.4 is 0 Å². The van der Waals surface area contributed by atoms with Crippen molar-refractivity contribution in [1.29, 1.82) is 0 Å². The van der Waals surface area contributed by atoms with E-state index in [0.717, 1.165) is 29.7 Å². The molecule has 1 aliphatic heterocycles. The predicted molar refractivity (Wildman–Crippen MR) is 100 cm³/mol. The monoisotopic (exact) mass is 358 g/mol. The number of carbonyl (C=O) groups is 1. The largest absolute Gasteiger partial charge is 0.458 e. The Kier molecular flexibility index (Phi) is 3.72. The molecule has 0 aromatic heterocycles. The summed E-state index contributed by atoms with van der Waals surface area (Å²) < 4.78 is 11.5. The van der Waals surface area contributed by atoms with E-state index in [1.54, 1.807) is 0 Å².